The van der Waals surface area contributed by atoms with Crippen molar-refractivity contribution in [3.63, 3.8) is 0 Å². The minimum absolute atomic E-state index is 0.330. The van der Waals surface area contributed by atoms with Gasteiger partial charge in [-0.2, -0.15) is 0 Å². The van der Waals surface area contributed by atoms with Crippen molar-refractivity contribution in [2.24, 2.45) is 0 Å². The van der Waals surface area contributed by atoms with Crippen LogP contribution in [-0.2, 0) is 12.8 Å². The Bertz CT molecular complexity index is 538. The zero-order chi connectivity index (χ0) is 13.1. The number of hydrogen-bond acceptors (Lipinski definition) is 2. The van der Waals surface area contributed by atoms with Crippen molar-refractivity contribution in [1.82, 2.24) is 0 Å². The number of aryl methyl sites for hydroxylation is 1. The van der Waals surface area contributed by atoms with Crippen LogP contribution in [0.1, 0.15) is 29.0 Å². The second-order valence-electron chi connectivity index (χ2n) is 4.12. The largest absolute Gasteiger partial charge is 0.387 e. The Morgan fingerprint density at radius 1 is 1.33 bits per heavy atom. The van der Waals surface area contributed by atoms with E-state index < -0.39 is 6.10 Å². The molecule has 18 heavy (non-hydrogen) atoms. The minimum atomic E-state index is -0.626. The highest BCUT2D eigenvalue weighted by Crippen LogP contribution is 2.29. The van der Waals surface area contributed by atoms with Crippen molar-refractivity contribution in [1.29, 1.82) is 0 Å². The summed E-state index contributed by atoms with van der Waals surface area (Å²) in [4.78, 5) is 0.942. The summed E-state index contributed by atoms with van der Waals surface area (Å²) in [5, 5.41) is 12.7. The number of aliphatic hydroxyl groups excluding tert-OH is 1. The lowest BCUT2D eigenvalue weighted by atomic mass is 10.0. The highest BCUT2D eigenvalue weighted by molar-refractivity contribution is 7.10. The van der Waals surface area contributed by atoms with Crippen LogP contribution in [0.25, 0.3) is 0 Å². The van der Waals surface area contributed by atoms with Gasteiger partial charge in [-0.1, -0.05) is 18.5 Å². The van der Waals surface area contributed by atoms with E-state index in [1.165, 1.54) is 29.5 Å². The third-order valence-corrected chi connectivity index (χ3v) is 4.31. The summed E-state index contributed by atoms with van der Waals surface area (Å²) in [5.74, 6) is -0.330. The molecule has 1 heterocycles. The molecule has 1 N–H and O–H groups in total. The van der Waals surface area contributed by atoms with Crippen molar-refractivity contribution in [2.75, 3.05) is 0 Å². The van der Waals surface area contributed by atoms with E-state index >= 15 is 0 Å². The maximum absolute atomic E-state index is 13.1. The van der Waals surface area contributed by atoms with Crippen molar-refractivity contribution in [3.8, 4) is 0 Å². The molecule has 4 heteroatoms. The molecular formula is C14H14ClFOS. The van der Waals surface area contributed by atoms with E-state index in [1.54, 1.807) is 0 Å². The van der Waals surface area contributed by atoms with Gasteiger partial charge in [-0.15, -0.1) is 11.3 Å². The number of halogens is 2. The first-order chi connectivity index (χ1) is 8.61. The Balaban J connectivity index is 2.21. The molecule has 2 rings (SSSR count). The van der Waals surface area contributed by atoms with Crippen LogP contribution in [-0.4, -0.2) is 5.11 Å². The molecule has 2 aromatic rings. The third kappa shape index (κ3) is 2.91. The number of thiophene rings is 1. The maximum atomic E-state index is 13.1. The van der Waals surface area contributed by atoms with Gasteiger partial charge >= 0.3 is 0 Å². The van der Waals surface area contributed by atoms with Crippen molar-refractivity contribution in [3.05, 3.63) is 56.5 Å². The molecule has 0 aliphatic carbocycles. The van der Waals surface area contributed by atoms with Gasteiger partial charge in [0.05, 0.1) is 6.10 Å². The van der Waals surface area contributed by atoms with Crippen LogP contribution in [0.15, 0.2) is 29.6 Å². The van der Waals surface area contributed by atoms with Gasteiger partial charge < -0.3 is 5.11 Å². The van der Waals surface area contributed by atoms with Crippen LogP contribution >= 0.6 is 22.9 Å². The molecule has 96 valence electrons. The molecule has 0 bridgehead atoms. The Morgan fingerprint density at radius 3 is 2.83 bits per heavy atom. The lowest BCUT2D eigenvalue weighted by molar-refractivity contribution is 0.181. The van der Waals surface area contributed by atoms with Crippen LogP contribution in [0.2, 0.25) is 5.02 Å². The fraction of sp³-hybridized carbons (Fsp3) is 0.286. The van der Waals surface area contributed by atoms with Crippen molar-refractivity contribution < 1.29 is 9.50 Å². The van der Waals surface area contributed by atoms with Crippen LogP contribution in [0.5, 0.6) is 0 Å². The Labute approximate surface area is 115 Å². The van der Waals surface area contributed by atoms with E-state index in [2.05, 4.69) is 0 Å². The number of aliphatic hydroxyl groups is 1. The molecule has 0 aliphatic heterocycles. The second-order valence-corrected chi connectivity index (χ2v) is 5.47. The lowest BCUT2D eigenvalue weighted by Gasteiger charge is -2.12. The standard InChI is InChI=1S/C14H14ClFOS/c1-2-9-5-6-18-14(9)13(17)8-10-7-11(16)3-4-12(10)15/h3-7,13,17H,2,8H2,1H3. The van der Waals surface area contributed by atoms with E-state index in [4.69, 9.17) is 11.6 Å². The van der Waals surface area contributed by atoms with E-state index in [0.717, 1.165) is 16.9 Å². The summed E-state index contributed by atoms with van der Waals surface area (Å²) >= 11 is 7.53. The average Bonchev–Trinajstić information content (AvgIpc) is 2.82. The summed E-state index contributed by atoms with van der Waals surface area (Å²) in [5.41, 5.74) is 1.78. The smallest absolute Gasteiger partial charge is 0.123 e. The van der Waals surface area contributed by atoms with Crippen molar-refractivity contribution >= 4 is 22.9 Å². The summed E-state index contributed by atoms with van der Waals surface area (Å²) < 4.78 is 13.1. The molecule has 1 unspecified atom stereocenters. The van der Waals surface area contributed by atoms with Gasteiger partial charge in [0.25, 0.3) is 0 Å². The van der Waals surface area contributed by atoms with Gasteiger partial charge in [-0.05, 0) is 47.2 Å². The Hall–Kier alpha value is -0.900. The molecule has 0 fully saturated rings. The first kappa shape index (κ1) is 13.5. The first-order valence-electron chi connectivity index (χ1n) is 5.80. The Morgan fingerprint density at radius 2 is 2.11 bits per heavy atom. The van der Waals surface area contributed by atoms with E-state index in [0.29, 0.717) is 17.0 Å². The van der Waals surface area contributed by atoms with Gasteiger partial charge in [0.15, 0.2) is 0 Å². The van der Waals surface area contributed by atoms with Crippen LogP contribution in [0.4, 0.5) is 4.39 Å². The quantitative estimate of drug-likeness (QED) is 0.883. The topological polar surface area (TPSA) is 20.2 Å². The highest BCUT2D eigenvalue weighted by atomic mass is 35.5. The van der Waals surface area contributed by atoms with E-state index in [1.807, 2.05) is 18.4 Å². The normalized spacial score (nSPS) is 12.7. The predicted octanol–water partition coefficient (Wildman–Crippen LogP) is 4.38. The first-order valence-corrected chi connectivity index (χ1v) is 7.05. The van der Waals surface area contributed by atoms with Crippen LogP contribution in [0, 0.1) is 5.82 Å². The van der Waals surface area contributed by atoms with Crippen LogP contribution < -0.4 is 0 Å². The minimum Gasteiger partial charge on any atom is -0.387 e. The fourth-order valence-corrected chi connectivity index (χ4v) is 3.11. The zero-order valence-corrected chi connectivity index (χ0v) is 11.6. The molecule has 0 radical (unpaired) electrons. The van der Waals surface area contributed by atoms with E-state index in [-0.39, 0.29) is 5.82 Å². The molecule has 0 saturated carbocycles. The highest BCUT2D eigenvalue weighted by Gasteiger charge is 2.15. The maximum Gasteiger partial charge on any atom is 0.123 e. The summed E-state index contributed by atoms with van der Waals surface area (Å²) in [6.45, 7) is 2.05. The van der Waals surface area contributed by atoms with Crippen LogP contribution in [0.3, 0.4) is 0 Å². The number of hydrogen-bond donors (Lipinski definition) is 1. The van der Waals surface area contributed by atoms with Gasteiger partial charge in [-0.25, -0.2) is 4.39 Å². The second kappa shape index (κ2) is 5.83. The fourth-order valence-electron chi connectivity index (χ4n) is 1.93. The molecule has 1 aromatic heterocycles. The zero-order valence-electron chi connectivity index (χ0n) is 9.99. The number of rotatable bonds is 4. The van der Waals surface area contributed by atoms with Gasteiger partial charge in [-0.3, -0.25) is 0 Å². The molecule has 1 atom stereocenters. The summed E-state index contributed by atoms with van der Waals surface area (Å²) in [7, 11) is 0. The van der Waals surface area contributed by atoms with Gasteiger partial charge in [0.2, 0.25) is 0 Å². The van der Waals surface area contributed by atoms with Crippen molar-refractivity contribution in [2.45, 2.75) is 25.9 Å². The average molecular weight is 285 g/mol. The van der Waals surface area contributed by atoms with E-state index in [9.17, 15) is 9.50 Å². The van der Waals surface area contributed by atoms with Gasteiger partial charge in [0.1, 0.15) is 5.82 Å². The monoisotopic (exact) mass is 284 g/mol. The summed E-state index contributed by atoms with van der Waals surface area (Å²) in [6.07, 6.45) is 0.593. The summed E-state index contributed by atoms with van der Waals surface area (Å²) in [6, 6.07) is 6.23. The molecule has 0 amide bonds. The molecule has 0 aliphatic rings. The molecule has 0 spiro atoms. The third-order valence-electron chi connectivity index (χ3n) is 2.89. The Kier molecular flexibility index (Phi) is 4.38. The van der Waals surface area contributed by atoms with Gasteiger partial charge in [0, 0.05) is 16.3 Å². The molecule has 0 saturated heterocycles. The SMILES string of the molecule is CCc1ccsc1C(O)Cc1cc(F)ccc1Cl. The molecule has 1 aromatic carbocycles. The molecular weight excluding hydrogens is 271 g/mol. The number of benzene rings is 1. The molecule has 1 nitrogen and oxygen atoms in total. The lowest BCUT2D eigenvalue weighted by Crippen LogP contribution is -2.03. The predicted molar refractivity (Wildman–Crippen MR) is 73.8 cm³/mol.